The van der Waals surface area contributed by atoms with Crippen molar-refractivity contribution in [3.05, 3.63) is 46.8 Å². The summed E-state index contributed by atoms with van der Waals surface area (Å²) in [4.78, 5) is 6.31. The number of hydrogen-bond donors (Lipinski definition) is 1. The van der Waals surface area contributed by atoms with E-state index in [2.05, 4.69) is 52.8 Å². The molecule has 1 aliphatic heterocycles. The Bertz CT molecular complexity index is 873. The van der Waals surface area contributed by atoms with Crippen molar-refractivity contribution in [2.75, 3.05) is 13.2 Å². The van der Waals surface area contributed by atoms with Gasteiger partial charge < -0.3 is 4.74 Å². The van der Waals surface area contributed by atoms with Gasteiger partial charge in [-0.2, -0.15) is 0 Å². The minimum Gasteiger partial charge on any atom is -0.381 e. The summed E-state index contributed by atoms with van der Waals surface area (Å²) < 4.78 is 33.1. The first-order valence-electron chi connectivity index (χ1n) is 9.11. The summed E-state index contributed by atoms with van der Waals surface area (Å²) in [6, 6.07) is 12.4. The lowest BCUT2D eigenvalue weighted by Gasteiger charge is -2.33. The Morgan fingerprint density at radius 3 is 2.67 bits per heavy atom. The van der Waals surface area contributed by atoms with Crippen LogP contribution in [0.4, 0.5) is 0 Å². The molecule has 0 spiro atoms. The molecule has 1 aromatic heterocycles. The molecule has 2 aromatic rings. The van der Waals surface area contributed by atoms with E-state index in [4.69, 9.17) is 4.74 Å². The molecule has 3 rings (SSSR count). The Kier molecular flexibility index (Phi) is 6.47. The second-order valence-electron chi connectivity index (χ2n) is 7.06. The highest BCUT2D eigenvalue weighted by Gasteiger charge is 2.31. The van der Waals surface area contributed by atoms with Crippen LogP contribution in [0.15, 0.2) is 41.4 Å². The summed E-state index contributed by atoms with van der Waals surface area (Å²) >= 11 is 1.71. The van der Waals surface area contributed by atoms with Crippen LogP contribution in [0.2, 0.25) is 0 Å². The van der Waals surface area contributed by atoms with Crippen LogP contribution in [0.5, 0.6) is 0 Å². The van der Waals surface area contributed by atoms with Crippen LogP contribution in [-0.4, -0.2) is 39.6 Å². The highest BCUT2D eigenvalue weighted by molar-refractivity contribution is 7.90. The summed E-state index contributed by atoms with van der Waals surface area (Å²) in [5.41, 5.74) is 2.24. The Morgan fingerprint density at radius 1 is 1.26 bits per heavy atom. The number of rotatable bonds is 7. The Labute approximate surface area is 165 Å². The van der Waals surface area contributed by atoms with Gasteiger partial charge >= 0.3 is 0 Å². The summed E-state index contributed by atoms with van der Waals surface area (Å²) in [5, 5.41) is -0.443. The van der Waals surface area contributed by atoms with Crippen LogP contribution in [0.25, 0.3) is 10.4 Å². The van der Waals surface area contributed by atoms with E-state index in [1.165, 1.54) is 9.75 Å². The van der Waals surface area contributed by atoms with Crippen molar-refractivity contribution >= 4 is 28.1 Å². The van der Waals surface area contributed by atoms with Crippen LogP contribution in [-0.2, 0) is 21.3 Å². The third kappa shape index (κ3) is 4.85. The molecule has 1 fully saturated rings. The van der Waals surface area contributed by atoms with E-state index in [-0.39, 0.29) is 12.0 Å². The summed E-state index contributed by atoms with van der Waals surface area (Å²) in [6.45, 7) is 8.68. The predicted molar refractivity (Wildman–Crippen MR) is 112 cm³/mol. The quantitative estimate of drug-likeness (QED) is 0.711. The van der Waals surface area contributed by atoms with E-state index in [1.807, 2.05) is 0 Å². The molecular formula is C20H26N2O3S2. The van der Waals surface area contributed by atoms with E-state index in [0.29, 0.717) is 26.2 Å². The van der Waals surface area contributed by atoms with Crippen LogP contribution in [0, 0.1) is 0 Å². The summed E-state index contributed by atoms with van der Waals surface area (Å²) in [7, 11) is -3.31. The summed E-state index contributed by atoms with van der Waals surface area (Å²) in [5.74, 6) is 0.0187. The number of sulfonamides is 1. The number of ether oxygens (including phenoxy) is 1. The van der Waals surface area contributed by atoms with Crippen molar-refractivity contribution in [1.82, 2.24) is 4.72 Å². The van der Waals surface area contributed by atoms with Gasteiger partial charge in [0, 0.05) is 28.3 Å². The normalized spacial score (nSPS) is 20.7. The second-order valence-corrected chi connectivity index (χ2v) is 10.5. The number of thiophene rings is 1. The van der Waals surface area contributed by atoms with Gasteiger partial charge in [0.25, 0.3) is 0 Å². The topological polar surface area (TPSA) is 67.8 Å². The van der Waals surface area contributed by atoms with Crippen molar-refractivity contribution in [2.24, 2.45) is 4.99 Å². The zero-order valence-electron chi connectivity index (χ0n) is 15.7. The van der Waals surface area contributed by atoms with E-state index in [9.17, 15) is 8.42 Å². The average Bonchev–Trinajstić information content (AvgIpc) is 3.11. The first-order valence-corrected chi connectivity index (χ1v) is 11.5. The first kappa shape index (κ1) is 20.2. The molecule has 7 heteroatoms. The molecule has 0 radical (unpaired) electrons. The molecular weight excluding hydrogens is 380 g/mol. The van der Waals surface area contributed by atoms with Crippen LogP contribution in [0.1, 0.15) is 36.6 Å². The lowest BCUT2D eigenvalue weighted by atomic mass is 9.89. The number of nitrogens with zero attached hydrogens (tertiary/aromatic N) is 1. The zero-order valence-corrected chi connectivity index (χ0v) is 17.4. The lowest BCUT2D eigenvalue weighted by Crippen LogP contribution is -2.46. The molecule has 1 aromatic carbocycles. The van der Waals surface area contributed by atoms with Crippen molar-refractivity contribution in [1.29, 1.82) is 0 Å². The minimum atomic E-state index is -3.31. The Hall–Kier alpha value is -1.54. The molecule has 1 N–H and O–H groups in total. The SMILES string of the molecule is C=NCc1ccc(-c2ccc(C3COCCC3NS(=O)(=O)C(C)C)cc2)s1. The van der Waals surface area contributed by atoms with Crippen molar-refractivity contribution in [3.63, 3.8) is 0 Å². The van der Waals surface area contributed by atoms with Crippen molar-refractivity contribution in [2.45, 2.75) is 44.0 Å². The minimum absolute atomic E-state index is 0.0187. The highest BCUT2D eigenvalue weighted by Crippen LogP contribution is 2.32. The van der Waals surface area contributed by atoms with Gasteiger partial charge in [0.15, 0.2) is 0 Å². The standard InChI is InChI=1S/C20H26N2O3S2/c1-14(2)27(23,24)22-19-10-11-25-13-18(19)15-4-6-16(7-5-15)20-9-8-17(26-20)12-21-3/h4-9,14,18-19,22H,3,10-13H2,1-2H3. The van der Waals surface area contributed by atoms with Gasteiger partial charge in [-0.15, -0.1) is 11.3 Å². The number of nitrogens with one attached hydrogen (secondary N) is 1. The molecule has 2 unspecified atom stereocenters. The molecule has 2 heterocycles. The fourth-order valence-electron chi connectivity index (χ4n) is 3.18. The maximum absolute atomic E-state index is 12.3. The third-order valence-electron chi connectivity index (χ3n) is 4.85. The zero-order chi connectivity index (χ0) is 19.4. The van der Waals surface area contributed by atoms with Gasteiger partial charge in [-0.05, 0) is 50.2 Å². The van der Waals surface area contributed by atoms with Crippen LogP contribution in [0.3, 0.4) is 0 Å². The van der Waals surface area contributed by atoms with E-state index < -0.39 is 15.3 Å². The average molecular weight is 407 g/mol. The van der Waals surface area contributed by atoms with E-state index in [1.54, 1.807) is 25.2 Å². The van der Waals surface area contributed by atoms with Crippen molar-refractivity contribution < 1.29 is 13.2 Å². The van der Waals surface area contributed by atoms with E-state index in [0.717, 1.165) is 11.1 Å². The fraction of sp³-hybridized carbons (Fsp3) is 0.450. The van der Waals surface area contributed by atoms with Crippen molar-refractivity contribution in [3.8, 4) is 10.4 Å². The molecule has 5 nitrogen and oxygen atoms in total. The molecule has 1 saturated heterocycles. The molecule has 0 amide bonds. The maximum Gasteiger partial charge on any atom is 0.214 e. The smallest absolute Gasteiger partial charge is 0.214 e. The maximum atomic E-state index is 12.3. The fourth-order valence-corrected chi connectivity index (χ4v) is 5.12. The lowest BCUT2D eigenvalue weighted by molar-refractivity contribution is 0.0653. The molecule has 27 heavy (non-hydrogen) atoms. The summed E-state index contributed by atoms with van der Waals surface area (Å²) in [6.07, 6.45) is 0.682. The molecule has 146 valence electrons. The van der Waals surface area contributed by atoms with Gasteiger partial charge in [-0.3, -0.25) is 4.99 Å². The largest absolute Gasteiger partial charge is 0.381 e. The van der Waals surface area contributed by atoms with Gasteiger partial charge in [-0.25, -0.2) is 13.1 Å². The van der Waals surface area contributed by atoms with E-state index >= 15 is 0 Å². The molecule has 0 saturated carbocycles. The molecule has 2 atom stereocenters. The third-order valence-corrected chi connectivity index (χ3v) is 7.84. The number of hydrogen-bond acceptors (Lipinski definition) is 5. The monoisotopic (exact) mass is 406 g/mol. The van der Waals surface area contributed by atoms with Crippen LogP contribution < -0.4 is 4.72 Å². The highest BCUT2D eigenvalue weighted by atomic mass is 32.2. The predicted octanol–water partition coefficient (Wildman–Crippen LogP) is 3.82. The van der Waals surface area contributed by atoms with Gasteiger partial charge in [0.05, 0.1) is 18.4 Å². The molecule has 0 aliphatic carbocycles. The van der Waals surface area contributed by atoms with Crippen LogP contribution >= 0.6 is 11.3 Å². The molecule has 0 bridgehead atoms. The molecule has 1 aliphatic rings. The second kappa shape index (κ2) is 8.65. The first-order chi connectivity index (χ1) is 12.9. The number of benzene rings is 1. The Morgan fingerprint density at radius 2 is 2.00 bits per heavy atom. The van der Waals surface area contributed by atoms with Gasteiger partial charge in [0.2, 0.25) is 10.0 Å². The Balaban J connectivity index is 1.78. The van der Waals surface area contributed by atoms with Gasteiger partial charge in [0.1, 0.15) is 0 Å². The number of aliphatic imine (C=N–C) groups is 1. The van der Waals surface area contributed by atoms with Gasteiger partial charge in [-0.1, -0.05) is 24.3 Å².